The fraction of sp³-hybridized carbons (Fsp3) is 0.571. The van der Waals surface area contributed by atoms with Crippen LogP contribution in [0.4, 0.5) is 4.79 Å². The summed E-state index contributed by atoms with van der Waals surface area (Å²) in [5, 5.41) is 2.63. The molecule has 1 aliphatic rings. The highest BCUT2D eigenvalue weighted by Crippen LogP contribution is 2.21. The van der Waals surface area contributed by atoms with Gasteiger partial charge < -0.3 is 20.5 Å². The Labute approximate surface area is 132 Å². The van der Waals surface area contributed by atoms with Gasteiger partial charge >= 0.3 is 6.03 Å². The lowest BCUT2D eigenvalue weighted by Crippen LogP contribution is -2.44. The van der Waals surface area contributed by atoms with E-state index in [1.54, 1.807) is 0 Å². The van der Waals surface area contributed by atoms with E-state index in [4.69, 9.17) is 5.73 Å². The van der Waals surface area contributed by atoms with Gasteiger partial charge in [-0.1, -0.05) is 0 Å². The summed E-state index contributed by atoms with van der Waals surface area (Å²) in [6.45, 7) is 4.72. The molecule has 0 saturated carbocycles. The number of hydrogen-bond acceptors (Lipinski definition) is 2. The zero-order valence-corrected chi connectivity index (χ0v) is 13.7. The Morgan fingerprint density at radius 2 is 2.29 bits per heavy atom. The number of rotatable bonds is 4. The average Bonchev–Trinajstić information content (AvgIpc) is 2.85. The Kier molecular flexibility index (Phi) is 5.27. The first-order chi connectivity index (χ1) is 10.0. The van der Waals surface area contributed by atoms with E-state index < -0.39 is 6.03 Å². The topological polar surface area (TPSA) is 80.4 Å². The number of nitrogens with two attached hydrogens (primary N) is 1. The van der Waals surface area contributed by atoms with E-state index in [-0.39, 0.29) is 11.8 Å². The van der Waals surface area contributed by atoms with Crippen molar-refractivity contribution in [3.63, 3.8) is 0 Å². The maximum atomic E-state index is 12.6. The van der Waals surface area contributed by atoms with E-state index in [1.807, 2.05) is 28.7 Å². The minimum Gasteiger partial charge on any atom is -0.352 e. The van der Waals surface area contributed by atoms with Gasteiger partial charge in [-0.25, -0.2) is 4.79 Å². The summed E-state index contributed by atoms with van der Waals surface area (Å²) in [6, 6.07) is 1.35. The van der Waals surface area contributed by atoms with Crippen molar-refractivity contribution in [2.75, 3.05) is 19.6 Å². The fourth-order valence-electron chi connectivity index (χ4n) is 2.74. The number of carbonyl (C=O) groups excluding carboxylic acids is 2. The monoisotopic (exact) mass is 356 g/mol. The lowest BCUT2D eigenvalue weighted by Gasteiger charge is -2.33. The highest BCUT2D eigenvalue weighted by molar-refractivity contribution is 9.10. The van der Waals surface area contributed by atoms with E-state index >= 15 is 0 Å². The Bertz CT molecular complexity index is 529. The first kappa shape index (κ1) is 15.9. The minimum absolute atomic E-state index is 0.0475. The largest absolute Gasteiger partial charge is 0.352 e. The maximum Gasteiger partial charge on any atom is 0.312 e. The van der Waals surface area contributed by atoms with Crippen LogP contribution in [-0.4, -0.2) is 41.0 Å². The molecule has 1 unspecified atom stereocenters. The number of hydrogen-bond donors (Lipinski definition) is 2. The van der Waals surface area contributed by atoms with Gasteiger partial charge in [0.25, 0.3) is 5.91 Å². The standard InChI is InChI=1S/C14H21BrN4O2/c1-2-18-9-11(15)6-12(18)13(20)19-5-3-4-10(8-19)7-17-14(16)21/h6,9-10H,2-5,7-8H2,1H3,(H3,16,17,21). The number of likely N-dealkylation sites (tertiary alicyclic amines) is 1. The van der Waals surface area contributed by atoms with E-state index in [9.17, 15) is 9.59 Å². The first-order valence-electron chi connectivity index (χ1n) is 7.19. The number of urea groups is 1. The smallest absolute Gasteiger partial charge is 0.312 e. The molecule has 6 nitrogen and oxygen atoms in total. The number of amides is 3. The molecular formula is C14H21BrN4O2. The predicted octanol–water partition coefficient (Wildman–Crippen LogP) is 1.79. The van der Waals surface area contributed by atoms with Crippen LogP contribution in [0.5, 0.6) is 0 Å². The molecule has 1 fully saturated rings. The summed E-state index contributed by atoms with van der Waals surface area (Å²) in [5.74, 6) is 0.315. The number of nitrogens with one attached hydrogen (secondary N) is 1. The van der Waals surface area contributed by atoms with E-state index in [0.29, 0.717) is 18.8 Å². The van der Waals surface area contributed by atoms with Crippen molar-refractivity contribution in [3.05, 3.63) is 22.4 Å². The Balaban J connectivity index is 2.03. The molecule has 1 atom stereocenters. The van der Waals surface area contributed by atoms with Gasteiger partial charge in [-0.15, -0.1) is 0 Å². The third-order valence-electron chi connectivity index (χ3n) is 3.79. The third-order valence-corrected chi connectivity index (χ3v) is 4.23. The number of carbonyl (C=O) groups is 2. The van der Waals surface area contributed by atoms with Crippen LogP contribution in [0, 0.1) is 5.92 Å². The summed E-state index contributed by atoms with van der Waals surface area (Å²) >= 11 is 3.42. The molecule has 0 radical (unpaired) electrons. The lowest BCUT2D eigenvalue weighted by atomic mass is 9.98. The van der Waals surface area contributed by atoms with Gasteiger partial charge in [0, 0.05) is 36.8 Å². The number of piperidine rings is 1. The number of aryl methyl sites for hydroxylation is 1. The normalized spacial score (nSPS) is 18.6. The zero-order valence-electron chi connectivity index (χ0n) is 12.1. The highest BCUT2D eigenvalue weighted by Gasteiger charge is 2.26. The van der Waals surface area contributed by atoms with Crippen LogP contribution in [0.25, 0.3) is 0 Å². The Morgan fingerprint density at radius 1 is 1.52 bits per heavy atom. The van der Waals surface area contributed by atoms with Crippen molar-refractivity contribution < 1.29 is 9.59 Å². The molecule has 1 aromatic rings. The van der Waals surface area contributed by atoms with Crippen LogP contribution >= 0.6 is 15.9 Å². The van der Waals surface area contributed by atoms with Crippen molar-refractivity contribution >= 4 is 27.9 Å². The third kappa shape index (κ3) is 4.00. The van der Waals surface area contributed by atoms with Gasteiger partial charge in [0.05, 0.1) is 0 Å². The second kappa shape index (κ2) is 6.98. The number of nitrogens with zero attached hydrogens (tertiary/aromatic N) is 2. The van der Waals surface area contributed by atoms with Crippen LogP contribution in [0.2, 0.25) is 0 Å². The molecule has 3 amide bonds. The molecule has 3 N–H and O–H groups in total. The summed E-state index contributed by atoms with van der Waals surface area (Å²) in [7, 11) is 0. The van der Waals surface area contributed by atoms with Crippen molar-refractivity contribution in [2.45, 2.75) is 26.3 Å². The van der Waals surface area contributed by atoms with E-state index in [1.165, 1.54) is 0 Å². The lowest BCUT2D eigenvalue weighted by molar-refractivity contribution is 0.0664. The molecule has 2 heterocycles. The Hall–Kier alpha value is -1.50. The summed E-state index contributed by atoms with van der Waals surface area (Å²) in [4.78, 5) is 25.3. The molecule has 1 aliphatic heterocycles. The fourth-order valence-corrected chi connectivity index (χ4v) is 3.20. The van der Waals surface area contributed by atoms with Gasteiger partial charge in [-0.05, 0) is 47.7 Å². The van der Waals surface area contributed by atoms with Gasteiger partial charge in [-0.2, -0.15) is 0 Å². The van der Waals surface area contributed by atoms with Gasteiger partial charge in [0.15, 0.2) is 0 Å². The summed E-state index contributed by atoms with van der Waals surface area (Å²) < 4.78 is 2.86. The van der Waals surface area contributed by atoms with Gasteiger partial charge in [-0.3, -0.25) is 4.79 Å². The van der Waals surface area contributed by atoms with Crippen molar-refractivity contribution in [1.29, 1.82) is 0 Å². The zero-order chi connectivity index (χ0) is 15.4. The molecule has 7 heteroatoms. The molecular weight excluding hydrogens is 336 g/mol. The maximum absolute atomic E-state index is 12.6. The second-order valence-corrected chi connectivity index (χ2v) is 6.25. The molecule has 116 valence electrons. The van der Waals surface area contributed by atoms with E-state index in [0.717, 1.165) is 30.4 Å². The number of halogens is 1. The van der Waals surface area contributed by atoms with Crippen LogP contribution in [0.3, 0.4) is 0 Å². The summed E-state index contributed by atoms with van der Waals surface area (Å²) in [6.07, 6.45) is 3.87. The van der Waals surface area contributed by atoms with E-state index in [2.05, 4.69) is 21.2 Å². The molecule has 1 aromatic heterocycles. The molecule has 0 aliphatic carbocycles. The minimum atomic E-state index is -0.512. The van der Waals surface area contributed by atoms with Crippen LogP contribution < -0.4 is 11.1 Å². The van der Waals surface area contributed by atoms with Gasteiger partial charge in [0.2, 0.25) is 0 Å². The van der Waals surface area contributed by atoms with Gasteiger partial charge in [0.1, 0.15) is 5.69 Å². The number of aromatic nitrogens is 1. The summed E-state index contributed by atoms with van der Waals surface area (Å²) in [5.41, 5.74) is 5.80. The molecule has 1 saturated heterocycles. The second-order valence-electron chi connectivity index (χ2n) is 5.33. The Morgan fingerprint density at radius 3 is 2.95 bits per heavy atom. The van der Waals surface area contributed by atoms with Crippen molar-refractivity contribution in [1.82, 2.24) is 14.8 Å². The molecule has 0 bridgehead atoms. The molecule has 2 rings (SSSR count). The highest BCUT2D eigenvalue weighted by atomic mass is 79.9. The van der Waals surface area contributed by atoms with Crippen molar-refractivity contribution in [3.8, 4) is 0 Å². The van der Waals surface area contributed by atoms with Crippen LogP contribution in [0.15, 0.2) is 16.7 Å². The SMILES string of the molecule is CCn1cc(Br)cc1C(=O)N1CCCC(CNC(N)=O)C1. The van der Waals surface area contributed by atoms with Crippen LogP contribution in [-0.2, 0) is 6.54 Å². The first-order valence-corrected chi connectivity index (χ1v) is 7.98. The van der Waals surface area contributed by atoms with Crippen LogP contribution in [0.1, 0.15) is 30.3 Å². The average molecular weight is 357 g/mol. The van der Waals surface area contributed by atoms with Crippen molar-refractivity contribution in [2.24, 2.45) is 11.7 Å². The molecule has 21 heavy (non-hydrogen) atoms. The number of primary amides is 1. The molecule has 0 spiro atoms. The predicted molar refractivity (Wildman–Crippen MR) is 84.0 cm³/mol. The quantitative estimate of drug-likeness (QED) is 0.862. The molecule has 0 aromatic carbocycles.